The summed E-state index contributed by atoms with van der Waals surface area (Å²) in [6.07, 6.45) is 0. The number of halogens is 1. The molecule has 0 aliphatic heterocycles. The molecule has 4 nitrogen and oxygen atoms in total. The zero-order valence-corrected chi connectivity index (χ0v) is 16.3. The van der Waals surface area contributed by atoms with Crippen molar-refractivity contribution < 1.29 is 4.79 Å². The molecule has 5 heteroatoms. The van der Waals surface area contributed by atoms with Crippen LogP contribution in [-0.2, 0) is 17.9 Å². The van der Waals surface area contributed by atoms with Gasteiger partial charge in [-0.2, -0.15) is 5.10 Å². The van der Waals surface area contributed by atoms with Crippen LogP contribution in [0.1, 0.15) is 5.56 Å². The van der Waals surface area contributed by atoms with E-state index in [0.29, 0.717) is 11.6 Å². The SMILES string of the molecule is CN(Cc1ccccc1)C(=O)Cn1nc(-c2ccccc2)c2cc(Cl)ccc21. The molecule has 0 N–H and O–H groups in total. The minimum absolute atomic E-state index is 0.00261. The van der Waals surface area contributed by atoms with Crippen molar-refractivity contribution >= 4 is 28.4 Å². The molecule has 1 aromatic heterocycles. The highest BCUT2D eigenvalue weighted by molar-refractivity contribution is 6.31. The van der Waals surface area contributed by atoms with Crippen molar-refractivity contribution in [3.63, 3.8) is 0 Å². The fraction of sp³-hybridized carbons (Fsp3) is 0.130. The lowest BCUT2D eigenvalue weighted by atomic mass is 10.1. The summed E-state index contributed by atoms with van der Waals surface area (Å²) in [5, 5.41) is 6.33. The second-order valence-corrected chi connectivity index (χ2v) is 7.21. The molecular formula is C23H20ClN3O. The van der Waals surface area contributed by atoms with Gasteiger partial charge in [-0.25, -0.2) is 0 Å². The highest BCUT2D eigenvalue weighted by atomic mass is 35.5. The van der Waals surface area contributed by atoms with Gasteiger partial charge >= 0.3 is 0 Å². The maximum Gasteiger partial charge on any atom is 0.244 e. The Morgan fingerprint density at radius 1 is 1.00 bits per heavy atom. The third-order valence-corrected chi connectivity index (χ3v) is 4.97. The van der Waals surface area contributed by atoms with Crippen molar-refractivity contribution in [2.75, 3.05) is 7.05 Å². The first-order valence-corrected chi connectivity index (χ1v) is 9.49. The van der Waals surface area contributed by atoms with Crippen LogP contribution < -0.4 is 0 Å². The van der Waals surface area contributed by atoms with Crippen LogP contribution in [-0.4, -0.2) is 27.6 Å². The predicted octanol–water partition coefficient (Wildman–Crippen LogP) is 5.02. The molecule has 0 saturated heterocycles. The van der Waals surface area contributed by atoms with Crippen LogP contribution in [0.3, 0.4) is 0 Å². The van der Waals surface area contributed by atoms with Gasteiger partial charge in [-0.05, 0) is 23.8 Å². The van der Waals surface area contributed by atoms with E-state index in [1.54, 1.807) is 9.58 Å². The molecule has 0 atom stereocenters. The van der Waals surface area contributed by atoms with Gasteiger partial charge in [0, 0.05) is 29.6 Å². The van der Waals surface area contributed by atoms with Gasteiger partial charge in [0.05, 0.1) is 5.52 Å². The maximum absolute atomic E-state index is 12.8. The van der Waals surface area contributed by atoms with Crippen LogP contribution in [0.15, 0.2) is 78.9 Å². The number of amides is 1. The van der Waals surface area contributed by atoms with Crippen molar-refractivity contribution in [2.24, 2.45) is 0 Å². The van der Waals surface area contributed by atoms with Crippen LogP contribution >= 0.6 is 11.6 Å². The molecule has 0 spiro atoms. The monoisotopic (exact) mass is 389 g/mol. The molecule has 140 valence electrons. The minimum Gasteiger partial charge on any atom is -0.340 e. The van der Waals surface area contributed by atoms with Crippen molar-refractivity contribution in [3.05, 3.63) is 89.4 Å². The van der Waals surface area contributed by atoms with E-state index in [4.69, 9.17) is 16.7 Å². The van der Waals surface area contributed by atoms with E-state index >= 15 is 0 Å². The first-order valence-electron chi connectivity index (χ1n) is 9.11. The third kappa shape index (κ3) is 3.78. The summed E-state index contributed by atoms with van der Waals surface area (Å²) < 4.78 is 1.76. The van der Waals surface area contributed by atoms with E-state index in [9.17, 15) is 4.79 Å². The van der Waals surface area contributed by atoms with E-state index in [1.807, 2.05) is 85.9 Å². The van der Waals surface area contributed by atoms with Crippen molar-refractivity contribution in [2.45, 2.75) is 13.1 Å². The smallest absolute Gasteiger partial charge is 0.244 e. The summed E-state index contributed by atoms with van der Waals surface area (Å²) in [5.41, 5.74) is 3.82. The third-order valence-electron chi connectivity index (χ3n) is 4.73. The normalized spacial score (nSPS) is 10.9. The standard InChI is InChI=1S/C23H20ClN3O/c1-26(15-17-8-4-2-5-9-17)22(28)16-27-21-13-12-19(24)14-20(21)23(25-27)18-10-6-3-7-11-18/h2-14H,15-16H2,1H3. The second-order valence-electron chi connectivity index (χ2n) is 6.77. The molecule has 4 rings (SSSR count). The number of carbonyl (C=O) groups is 1. The van der Waals surface area contributed by atoms with Gasteiger partial charge in [0.2, 0.25) is 5.91 Å². The average molecular weight is 390 g/mol. The summed E-state index contributed by atoms with van der Waals surface area (Å²) in [7, 11) is 1.82. The molecular weight excluding hydrogens is 370 g/mol. The van der Waals surface area contributed by atoms with E-state index in [-0.39, 0.29) is 12.5 Å². The number of aromatic nitrogens is 2. The topological polar surface area (TPSA) is 38.1 Å². The zero-order valence-electron chi connectivity index (χ0n) is 15.5. The van der Waals surface area contributed by atoms with Crippen LogP contribution in [0.4, 0.5) is 0 Å². The van der Waals surface area contributed by atoms with Gasteiger partial charge in [0.15, 0.2) is 0 Å². The molecule has 0 aliphatic carbocycles. The Labute approximate surface area is 169 Å². The Bertz CT molecular complexity index is 1110. The number of hydrogen-bond acceptors (Lipinski definition) is 2. The summed E-state index contributed by atoms with van der Waals surface area (Å²) in [5.74, 6) is 0.00261. The van der Waals surface area contributed by atoms with Crippen molar-refractivity contribution in [3.8, 4) is 11.3 Å². The lowest BCUT2D eigenvalue weighted by Gasteiger charge is -2.17. The Hall–Kier alpha value is -3.11. The molecule has 1 heterocycles. The van der Waals surface area contributed by atoms with Gasteiger partial charge in [-0.15, -0.1) is 0 Å². The number of benzene rings is 3. The number of likely N-dealkylation sites (N-methyl/N-ethyl adjacent to an activating group) is 1. The van der Waals surface area contributed by atoms with E-state index in [0.717, 1.165) is 27.7 Å². The quantitative estimate of drug-likeness (QED) is 0.481. The van der Waals surface area contributed by atoms with Crippen molar-refractivity contribution in [1.29, 1.82) is 0 Å². The largest absolute Gasteiger partial charge is 0.340 e. The maximum atomic E-state index is 12.8. The minimum atomic E-state index is 0.00261. The van der Waals surface area contributed by atoms with Gasteiger partial charge in [-0.3, -0.25) is 9.48 Å². The average Bonchev–Trinajstić information content (AvgIpc) is 3.06. The second kappa shape index (κ2) is 7.87. The molecule has 0 fully saturated rings. The van der Waals surface area contributed by atoms with Crippen LogP contribution in [0.5, 0.6) is 0 Å². The molecule has 1 amide bonds. The molecule has 0 aliphatic rings. The Morgan fingerprint density at radius 3 is 2.39 bits per heavy atom. The highest BCUT2D eigenvalue weighted by Gasteiger charge is 2.17. The van der Waals surface area contributed by atoms with Gasteiger partial charge in [-0.1, -0.05) is 72.3 Å². The van der Waals surface area contributed by atoms with Gasteiger partial charge in [0.1, 0.15) is 12.2 Å². The van der Waals surface area contributed by atoms with Crippen LogP contribution in [0.25, 0.3) is 22.2 Å². The predicted molar refractivity (Wildman–Crippen MR) is 113 cm³/mol. The van der Waals surface area contributed by atoms with E-state index in [1.165, 1.54) is 0 Å². The Balaban J connectivity index is 1.64. The number of fused-ring (bicyclic) bond motifs is 1. The van der Waals surface area contributed by atoms with Gasteiger partial charge < -0.3 is 4.90 Å². The molecule has 0 saturated carbocycles. The molecule has 28 heavy (non-hydrogen) atoms. The molecule has 3 aromatic carbocycles. The van der Waals surface area contributed by atoms with Crippen LogP contribution in [0, 0.1) is 0 Å². The highest BCUT2D eigenvalue weighted by Crippen LogP contribution is 2.30. The summed E-state index contributed by atoms with van der Waals surface area (Å²) in [6, 6.07) is 25.5. The van der Waals surface area contributed by atoms with Crippen LogP contribution in [0.2, 0.25) is 5.02 Å². The van der Waals surface area contributed by atoms with Gasteiger partial charge in [0.25, 0.3) is 0 Å². The Kier molecular flexibility index (Phi) is 5.13. The molecule has 0 unspecified atom stereocenters. The molecule has 4 aromatic rings. The fourth-order valence-corrected chi connectivity index (χ4v) is 3.45. The summed E-state index contributed by atoms with van der Waals surface area (Å²) in [4.78, 5) is 14.5. The summed E-state index contributed by atoms with van der Waals surface area (Å²) in [6.45, 7) is 0.741. The Morgan fingerprint density at radius 2 is 1.68 bits per heavy atom. The number of hydrogen-bond donors (Lipinski definition) is 0. The lowest BCUT2D eigenvalue weighted by molar-refractivity contribution is -0.131. The number of nitrogens with zero attached hydrogens (tertiary/aromatic N) is 3. The van der Waals surface area contributed by atoms with E-state index < -0.39 is 0 Å². The zero-order chi connectivity index (χ0) is 19.5. The first-order chi connectivity index (χ1) is 13.6. The fourth-order valence-electron chi connectivity index (χ4n) is 3.28. The first kappa shape index (κ1) is 18.3. The van der Waals surface area contributed by atoms with Crippen molar-refractivity contribution in [1.82, 2.24) is 14.7 Å². The van der Waals surface area contributed by atoms with E-state index in [2.05, 4.69) is 0 Å². The molecule has 0 radical (unpaired) electrons. The number of rotatable bonds is 5. The molecule has 0 bridgehead atoms. The number of carbonyl (C=O) groups excluding carboxylic acids is 1. The lowest BCUT2D eigenvalue weighted by Crippen LogP contribution is -2.30. The summed E-state index contributed by atoms with van der Waals surface area (Å²) >= 11 is 6.22.